The molecule has 0 saturated heterocycles. The molecule has 3 aromatic rings. The quantitative estimate of drug-likeness (QED) is 0.788. The second-order valence-electron chi connectivity index (χ2n) is 4.60. The van der Waals surface area contributed by atoms with E-state index in [4.69, 9.17) is 5.11 Å². The lowest BCUT2D eigenvalue weighted by Gasteiger charge is -2.07. The van der Waals surface area contributed by atoms with E-state index in [0.717, 1.165) is 16.8 Å². The summed E-state index contributed by atoms with van der Waals surface area (Å²) in [6, 6.07) is 8.89. The maximum absolute atomic E-state index is 13.3. The first-order valence-electron chi connectivity index (χ1n) is 6.18. The Kier molecular flexibility index (Phi) is 3.13. The molecule has 0 saturated carbocycles. The largest absolute Gasteiger partial charge is 0.503 e. The van der Waals surface area contributed by atoms with Gasteiger partial charge in [0.15, 0.2) is 17.4 Å². The Bertz CT molecular complexity index is 867. The standard InChI is InChI=1S/C15H10F2N2O2/c16-12-5-9(6-13(17)14(12)20)8-19-15(21)11-4-2-1-3-10(11)7-18-19/h1-7,20H,8H2. The first kappa shape index (κ1) is 13.2. The summed E-state index contributed by atoms with van der Waals surface area (Å²) >= 11 is 0. The lowest BCUT2D eigenvalue weighted by Crippen LogP contribution is -2.23. The number of aromatic hydroxyl groups is 1. The Balaban J connectivity index is 2.06. The third kappa shape index (κ3) is 2.35. The monoisotopic (exact) mass is 288 g/mol. The van der Waals surface area contributed by atoms with Crippen LogP contribution in [0.5, 0.6) is 5.75 Å². The van der Waals surface area contributed by atoms with E-state index in [9.17, 15) is 13.6 Å². The number of hydrogen-bond acceptors (Lipinski definition) is 3. The number of benzene rings is 2. The fraction of sp³-hybridized carbons (Fsp3) is 0.0667. The Morgan fingerprint density at radius 3 is 2.52 bits per heavy atom. The smallest absolute Gasteiger partial charge is 0.274 e. The number of hydrogen-bond donors (Lipinski definition) is 1. The SMILES string of the molecule is O=c1c2ccccc2cnn1Cc1cc(F)c(O)c(F)c1. The highest BCUT2D eigenvalue weighted by Crippen LogP contribution is 2.21. The van der Waals surface area contributed by atoms with Crippen molar-refractivity contribution in [1.82, 2.24) is 9.78 Å². The van der Waals surface area contributed by atoms with E-state index in [1.165, 1.54) is 6.20 Å². The minimum absolute atomic E-state index is 0.0855. The molecular weight excluding hydrogens is 278 g/mol. The Labute approximate surface area is 117 Å². The second-order valence-corrected chi connectivity index (χ2v) is 4.60. The number of aromatic nitrogens is 2. The van der Waals surface area contributed by atoms with Crippen LogP contribution in [-0.4, -0.2) is 14.9 Å². The highest BCUT2D eigenvalue weighted by molar-refractivity contribution is 5.80. The van der Waals surface area contributed by atoms with Gasteiger partial charge in [-0.15, -0.1) is 0 Å². The molecule has 6 heteroatoms. The first-order chi connectivity index (χ1) is 10.1. The van der Waals surface area contributed by atoms with Crippen LogP contribution < -0.4 is 5.56 Å². The summed E-state index contributed by atoms with van der Waals surface area (Å²) in [5, 5.41) is 14.2. The van der Waals surface area contributed by atoms with E-state index in [1.807, 2.05) is 0 Å². The summed E-state index contributed by atoms with van der Waals surface area (Å²) in [7, 11) is 0. The summed E-state index contributed by atoms with van der Waals surface area (Å²) in [6.45, 7) is -0.0855. The van der Waals surface area contributed by atoms with Gasteiger partial charge in [-0.2, -0.15) is 5.10 Å². The van der Waals surface area contributed by atoms with Crippen molar-refractivity contribution in [2.75, 3.05) is 0 Å². The maximum Gasteiger partial charge on any atom is 0.274 e. The number of rotatable bonds is 2. The molecule has 0 unspecified atom stereocenters. The summed E-state index contributed by atoms with van der Waals surface area (Å²) in [4.78, 5) is 12.2. The molecule has 0 aliphatic heterocycles. The van der Waals surface area contributed by atoms with Crippen LogP contribution in [0.15, 0.2) is 47.4 Å². The number of fused-ring (bicyclic) bond motifs is 1. The normalized spacial score (nSPS) is 11.0. The third-order valence-corrected chi connectivity index (χ3v) is 3.17. The molecule has 0 fully saturated rings. The second kappa shape index (κ2) is 4.97. The van der Waals surface area contributed by atoms with Crippen molar-refractivity contribution < 1.29 is 13.9 Å². The van der Waals surface area contributed by atoms with Crippen LogP contribution in [0.2, 0.25) is 0 Å². The zero-order valence-electron chi connectivity index (χ0n) is 10.8. The predicted molar refractivity (Wildman–Crippen MR) is 73.1 cm³/mol. The molecule has 106 valence electrons. The molecule has 0 aliphatic rings. The van der Waals surface area contributed by atoms with Crippen LogP contribution in [0.3, 0.4) is 0 Å². The van der Waals surface area contributed by atoms with Crippen molar-refractivity contribution in [3.8, 4) is 5.75 Å². The fourth-order valence-corrected chi connectivity index (χ4v) is 2.12. The molecule has 1 heterocycles. The van der Waals surface area contributed by atoms with Gasteiger partial charge in [0, 0.05) is 5.39 Å². The summed E-state index contributed by atoms with van der Waals surface area (Å²) in [5.74, 6) is -3.17. The molecule has 21 heavy (non-hydrogen) atoms. The number of halogens is 2. The van der Waals surface area contributed by atoms with Crippen molar-refractivity contribution in [2.24, 2.45) is 0 Å². The number of nitrogens with zero attached hydrogens (tertiary/aromatic N) is 2. The highest BCUT2D eigenvalue weighted by Gasteiger charge is 2.11. The van der Waals surface area contributed by atoms with Gasteiger partial charge in [0.25, 0.3) is 5.56 Å². The van der Waals surface area contributed by atoms with Crippen LogP contribution in [0.4, 0.5) is 8.78 Å². The highest BCUT2D eigenvalue weighted by atomic mass is 19.1. The summed E-state index contributed by atoms with van der Waals surface area (Å²) in [6.07, 6.45) is 1.52. The number of phenolic OH excluding ortho intramolecular Hbond substituents is 1. The molecule has 4 nitrogen and oxygen atoms in total. The maximum atomic E-state index is 13.3. The van der Waals surface area contributed by atoms with E-state index >= 15 is 0 Å². The van der Waals surface area contributed by atoms with Crippen LogP contribution in [0, 0.1) is 11.6 Å². The Morgan fingerprint density at radius 1 is 1.14 bits per heavy atom. The third-order valence-electron chi connectivity index (χ3n) is 3.17. The van der Waals surface area contributed by atoms with E-state index in [0.29, 0.717) is 10.8 Å². The van der Waals surface area contributed by atoms with Crippen molar-refractivity contribution in [2.45, 2.75) is 6.54 Å². The fourth-order valence-electron chi connectivity index (χ4n) is 2.12. The van der Waals surface area contributed by atoms with Gasteiger partial charge in [0.2, 0.25) is 0 Å². The van der Waals surface area contributed by atoms with Gasteiger partial charge in [-0.05, 0) is 23.8 Å². The molecule has 0 bridgehead atoms. The van der Waals surface area contributed by atoms with Crippen molar-refractivity contribution in [3.63, 3.8) is 0 Å². The van der Waals surface area contributed by atoms with Gasteiger partial charge in [-0.1, -0.05) is 18.2 Å². The minimum Gasteiger partial charge on any atom is -0.503 e. The average molecular weight is 288 g/mol. The van der Waals surface area contributed by atoms with Gasteiger partial charge in [0.1, 0.15) is 0 Å². The molecule has 0 spiro atoms. The molecule has 0 atom stereocenters. The summed E-state index contributed by atoms with van der Waals surface area (Å²) in [5.41, 5.74) is -0.144. The minimum atomic E-state index is -1.07. The van der Waals surface area contributed by atoms with E-state index in [-0.39, 0.29) is 17.7 Å². The zero-order valence-corrected chi connectivity index (χ0v) is 10.8. The molecule has 0 amide bonds. The van der Waals surface area contributed by atoms with E-state index < -0.39 is 17.4 Å². The molecule has 3 rings (SSSR count). The van der Waals surface area contributed by atoms with Crippen molar-refractivity contribution in [1.29, 1.82) is 0 Å². The van der Waals surface area contributed by atoms with Gasteiger partial charge in [0.05, 0.1) is 18.1 Å². The van der Waals surface area contributed by atoms with Gasteiger partial charge in [-0.3, -0.25) is 4.79 Å². The molecule has 1 N–H and O–H groups in total. The van der Waals surface area contributed by atoms with Crippen LogP contribution >= 0.6 is 0 Å². The molecule has 2 aromatic carbocycles. The number of phenols is 1. The molecule has 0 radical (unpaired) electrons. The van der Waals surface area contributed by atoms with E-state index in [2.05, 4.69) is 5.10 Å². The molecule has 0 aliphatic carbocycles. The van der Waals surface area contributed by atoms with Crippen LogP contribution in [0.1, 0.15) is 5.56 Å². The topological polar surface area (TPSA) is 55.1 Å². The van der Waals surface area contributed by atoms with Crippen molar-refractivity contribution >= 4 is 10.8 Å². The molecular formula is C15H10F2N2O2. The summed E-state index contributed by atoms with van der Waals surface area (Å²) < 4.78 is 27.7. The predicted octanol–water partition coefficient (Wildman–Crippen LogP) is 2.43. The zero-order chi connectivity index (χ0) is 15.0. The van der Waals surface area contributed by atoms with Crippen molar-refractivity contribution in [3.05, 3.63) is 70.1 Å². The lowest BCUT2D eigenvalue weighted by molar-refractivity contribution is 0.395. The van der Waals surface area contributed by atoms with Gasteiger partial charge in [-0.25, -0.2) is 13.5 Å². The Hall–Kier alpha value is -2.76. The first-order valence-corrected chi connectivity index (χ1v) is 6.18. The lowest BCUT2D eigenvalue weighted by atomic mass is 10.2. The Morgan fingerprint density at radius 2 is 1.81 bits per heavy atom. The average Bonchev–Trinajstić information content (AvgIpc) is 2.48. The van der Waals surface area contributed by atoms with Gasteiger partial charge < -0.3 is 5.11 Å². The van der Waals surface area contributed by atoms with Crippen LogP contribution in [-0.2, 0) is 6.54 Å². The van der Waals surface area contributed by atoms with Crippen LogP contribution in [0.25, 0.3) is 10.8 Å². The van der Waals surface area contributed by atoms with Gasteiger partial charge >= 0.3 is 0 Å². The van der Waals surface area contributed by atoms with E-state index in [1.54, 1.807) is 24.3 Å². The molecule has 1 aromatic heterocycles.